The lowest BCUT2D eigenvalue weighted by Gasteiger charge is -2.30. The van der Waals surface area contributed by atoms with Crippen LogP contribution >= 0.6 is 11.6 Å². The first-order chi connectivity index (χ1) is 8.76. The van der Waals surface area contributed by atoms with Crippen molar-refractivity contribution in [3.05, 3.63) is 23.9 Å². The summed E-state index contributed by atoms with van der Waals surface area (Å²) in [5, 5.41) is 0. The molecule has 4 heteroatoms. The zero-order valence-electron chi connectivity index (χ0n) is 11.1. The molecule has 18 heavy (non-hydrogen) atoms. The summed E-state index contributed by atoms with van der Waals surface area (Å²) in [6.07, 6.45) is 4.54. The second-order valence-electron chi connectivity index (χ2n) is 4.92. The molecular formula is C14H21ClN2O. The van der Waals surface area contributed by atoms with Crippen molar-refractivity contribution in [1.29, 1.82) is 0 Å². The second-order valence-corrected chi connectivity index (χ2v) is 5.19. The second kappa shape index (κ2) is 6.39. The van der Waals surface area contributed by atoms with Crippen molar-refractivity contribution < 1.29 is 4.74 Å². The zero-order chi connectivity index (χ0) is 13.0. The van der Waals surface area contributed by atoms with Crippen LogP contribution in [0, 0.1) is 5.92 Å². The normalized spacial score (nSPS) is 16.6. The Morgan fingerprint density at radius 1 is 1.50 bits per heavy atom. The number of anilines is 1. The molecule has 100 valence electrons. The van der Waals surface area contributed by atoms with E-state index in [1.54, 1.807) is 7.11 Å². The fraction of sp³-hybridized carbons (Fsp3) is 0.643. The Balaban J connectivity index is 2.09. The van der Waals surface area contributed by atoms with Crippen LogP contribution < -0.4 is 4.90 Å². The molecule has 0 amide bonds. The van der Waals surface area contributed by atoms with Crippen molar-refractivity contribution in [1.82, 2.24) is 4.98 Å². The Hall–Kier alpha value is -0.800. The van der Waals surface area contributed by atoms with Crippen LogP contribution in [0.3, 0.4) is 0 Å². The average Bonchev–Trinajstić information content (AvgIpc) is 3.24. The van der Waals surface area contributed by atoms with E-state index in [1.807, 2.05) is 6.20 Å². The molecule has 3 nitrogen and oxygen atoms in total. The third-order valence-corrected chi connectivity index (χ3v) is 3.90. The Morgan fingerprint density at radius 3 is 2.78 bits per heavy atom. The minimum atomic E-state index is 0.517. The number of alkyl halides is 1. The summed E-state index contributed by atoms with van der Waals surface area (Å²) in [6.45, 7) is 3.90. The highest BCUT2D eigenvalue weighted by Gasteiger charge is 2.32. The van der Waals surface area contributed by atoms with Gasteiger partial charge in [-0.05, 0) is 37.3 Å². The number of nitrogens with zero attached hydrogens (tertiary/aromatic N) is 2. The monoisotopic (exact) mass is 268 g/mol. The van der Waals surface area contributed by atoms with E-state index in [4.69, 9.17) is 16.3 Å². The van der Waals surface area contributed by atoms with Gasteiger partial charge in [-0.3, -0.25) is 0 Å². The third kappa shape index (κ3) is 3.36. The number of rotatable bonds is 7. The maximum atomic E-state index is 5.79. The van der Waals surface area contributed by atoms with Crippen molar-refractivity contribution in [2.24, 2.45) is 5.92 Å². The first-order valence-electron chi connectivity index (χ1n) is 6.52. The lowest BCUT2D eigenvalue weighted by molar-refractivity contribution is 0.202. The molecule has 0 N–H and O–H groups in total. The van der Waals surface area contributed by atoms with Gasteiger partial charge >= 0.3 is 0 Å². The first kappa shape index (κ1) is 13.6. The van der Waals surface area contributed by atoms with Gasteiger partial charge in [0.15, 0.2) is 0 Å². The maximum absolute atomic E-state index is 5.79. The van der Waals surface area contributed by atoms with Crippen LogP contribution in [0.1, 0.15) is 25.3 Å². The van der Waals surface area contributed by atoms with Gasteiger partial charge in [-0.15, -0.1) is 11.6 Å². The summed E-state index contributed by atoms with van der Waals surface area (Å²) in [7, 11) is 1.74. The van der Waals surface area contributed by atoms with Crippen LogP contribution in [0.2, 0.25) is 0 Å². The molecule has 1 aliphatic carbocycles. The minimum absolute atomic E-state index is 0.517. The molecule has 0 saturated heterocycles. The van der Waals surface area contributed by atoms with Crippen LogP contribution in [0.25, 0.3) is 0 Å². The zero-order valence-corrected chi connectivity index (χ0v) is 11.9. The van der Waals surface area contributed by atoms with Gasteiger partial charge in [-0.25, -0.2) is 4.98 Å². The number of ether oxygens (including phenoxy) is 1. The van der Waals surface area contributed by atoms with E-state index in [0.717, 1.165) is 30.5 Å². The molecule has 2 rings (SSSR count). The van der Waals surface area contributed by atoms with Gasteiger partial charge in [0.05, 0.1) is 6.61 Å². The van der Waals surface area contributed by atoms with Crippen molar-refractivity contribution in [3.63, 3.8) is 0 Å². The summed E-state index contributed by atoms with van der Waals surface area (Å²) < 4.78 is 5.20. The third-order valence-electron chi connectivity index (χ3n) is 3.59. The van der Waals surface area contributed by atoms with Crippen molar-refractivity contribution in [3.8, 4) is 0 Å². The molecular weight excluding hydrogens is 248 g/mol. The van der Waals surface area contributed by atoms with E-state index in [-0.39, 0.29) is 0 Å². The Bertz CT molecular complexity index is 365. The lowest BCUT2D eigenvalue weighted by atomic mass is 10.1. The molecule has 1 unspecified atom stereocenters. The summed E-state index contributed by atoms with van der Waals surface area (Å²) in [5.74, 6) is 2.36. The number of methoxy groups -OCH3 is 1. The van der Waals surface area contributed by atoms with E-state index >= 15 is 0 Å². The quantitative estimate of drug-likeness (QED) is 0.711. The number of hydrogen-bond donors (Lipinski definition) is 0. The van der Waals surface area contributed by atoms with E-state index in [2.05, 4.69) is 28.9 Å². The van der Waals surface area contributed by atoms with Gasteiger partial charge < -0.3 is 9.64 Å². The Kier molecular flexibility index (Phi) is 4.84. The predicted molar refractivity (Wildman–Crippen MR) is 75.2 cm³/mol. The fourth-order valence-electron chi connectivity index (χ4n) is 2.22. The fourth-order valence-corrected chi connectivity index (χ4v) is 2.37. The predicted octanol–water partition coefficient (Wildman–Crippen LogP) is 3.07. The lowest BCUT2D eigenvalue weighted by Crippen LogP contribution is -2.37. The number of pyridine rings is 1. The van der Waals surface area contributed by atoms with Gasteiger partial charge in [0.1, 0.15) is 5.82 Å². The Labute approximate surface area is 114 Å². The molecule has 0 aliphatic heterocycles. The standard InChI is InChI=1S/C14H21ClN2O/c1-11(13-4-5-13)17(7-8-18-2)14-6-3-12(9-15)10-16-14/h3,6,10-11,13H,4-5,7-9H2,1-2H3. The van der Waals surface area contributed by atoms with E-state index in [1.165, 1.54) is 12.8 Å². The number of hydrogen-bond acceptors (Lipinski definition) is 3. The summed E-state index contributed by atoms with van der Waals surface area (Å²) >= 11 is 5.79. The summed E-state index contributed by atoms with van der Waals surface area (Å²) in [5.41, 5.74) is 1.06. The Morgan fingerprint density at radius 2 is 2.28 bits per heavy atom. The van der Waals surface area contributed by atoms with Crippen molar-refractivity contribution in [2.75, 3.05) is 25.2 Å². The van der Waals surface area contributed by atoms with E-state index in [9.17, 15) is 0 Å². The summed E-state index contributed by atoms with van der Waals surface area (Å²) in [4.78, 5) is 6.87. The van der Waals surface area contributed by atoms with Gasteiger partial charge in [0.2, 0.25) is 0 Å². The molecule has 0 bridgehead atoms. The largest absolute Gasteiger partial charge is 0.383 e. The average molecular weight is 269 g/mol. The highest BCUT2D eigenvalue weighted by atomic mass is 35.5. The van der Waals surface area contributed by atoms with Gasteiger partial charge in [-0.2, -0.15) is 0 Å². The van der Waals surface area contributed by atoms with Gasteiger partial charge in [0, 0.05) is 31.8 Å². The molecule has 0 aromatic carbocycles. The molecule has 1 aliphatic rings. The molecule has 1 atom stereocenters. The molecule has 1 saturated carbocycles. The van der Waals surface area contributed by atoms with E-state index < -0.39 is 0 Å². The SMILES string of the molecule is COCCN(c1ccc(CCl)cn1)C(C)C1CC1. The van der Waals surface area contributed by atoms with Crippen LogP contribution in [0.4, 0.5) is 5.82 Å². The van der Waals surface area contributed by atoms with Crippen LogP contribution in [0.15, 0.2) is 18.3 Å². The molecule has 0 spiro atoms. The topological polar surface area (TPSA) is 25.4 Å². The molecule has 1 fully saturated rings. The maximum Gasteiger partial charge on any atom is 0.128 e. The highest BCUT2D eigenvalue weighted by molar-refractivity contribution is 6.17. The molecule has 1 heterocycles. The van der Waals surface area contributed by atoms with Crippen LogP contribution in [-0.4, -0.2) is 31.3 Å². The highest BCUT2D eigenvalue weighted by Crippen LogP contribution is 2.36. The van der Waals surface area contributed by atoms with E-state index in [0.29, 0.717) is 11.9 Å². The van der Waals surface area contributed by atoms with Gasteiger partial charge in [0.25, 0.3) is 0 Å². The first-order valence-corrected chi connectivity index (χ1v) is 7.06. The number of aromatic nitrogens is 1. The van der Waals surface area contributed by atoms with Crippen LogP contribution in [-0.2, 0) is 10.6 Å². The number of halogens is 1. The molecule has 1 aromatic heterocycles. The van der Waals surface area contributed by atoms with Crippen molar-refractivity contribution in [2.45, 2.75) is 31.7 Å². The molecule has 0 radical (unpaired) electrons. The molecule has 1 aromatic rings. The van der Waals surface area contributed by atoms with Crippen LogP contribution in [0.5, 0.6) is 0 Å². The van der Waals surface area contributed by atoms with Crippen molar-refractivity contribution >= 4 is 17.4 Å². The summed E-state index contributed by atoms with van der Waals surface area (Å²) in [6, 6.07) is 4.65. The smallest absolute Gasteiger partial charge is 0.128 e. The minimum Gasteiger partial charge on any atom is -0.383 e. The van der Waals surface area contributed by atoms with Gasteiger partial charge in [-0.1, -0.05) is 6.07 Å².